The van der Waals surface area contributed by atoms with E-state index in [4.69, 9.17) is 9.47 Å². The first-order chi connectivity index (χ1) is 14.7. The summed E-state index contributed by atoms with van der Waals surface area (Å²) in [7, 11) is -2.81. The third-order valence-corrected chi connectivity index (χ3v) is 5.67. The molecule has 0 atom stereocenters. The summed E-state index contributed by atoms with van der Waals surface area (Å²) in [4.78, 5) is -0.842. The number of aromatic nitrogens is 2. The summed E-state index contributed by atoms with van der Waals surface area (Å²) in [5.74, 6) is 0.851. The number of methoxy groups -OCH3 is 1. The molecule has 1 aromatic heterocycles. The van der Waals surface area contributed by atoms with Gasteiger partial charge in [0, 0.05) is 18.2 Å². The second-order valence-electron chi connectivity index (χ2n) is 6.23. The summed E-state index contributed by atoms with van der Waals surface area (Å²) in [6.07, 6.45) is -4.79. The maximum Gasteiger partial charge on any atom is 0.417 e. The van der Waals surface area contributed by atoms with Crippen LogP contribution < -0.4 is 14.2 Å². The first kappa shape index (κ1) is 22.5. The second-order valence-corrected chi connectivity index (χ2v) is 7.96. The van der Waals surface area contributed by atoms with Crippen molar-refractivity contribution in [3.05, 3.63) is 66.2 Å². The van der Waals surface area contributed by atoms with Crippen molar-refractivity contribution in [1.82, 2.24) is 14.9 Å². The molecule has 0 radical (unpaired) electrons. The lowest BCUT2D eigenvalue weighted by Crippen LogP contribution is -2.30. The lowest BCUT2D eigenvalue weighted by atomic mass is 10.1. The molecule has 1 heterocycles. The predicted octanol–water partition coefficient (Wildman–Crippen LogP) is 3.53. The molecule has 11 heteroatoms. The van der Waals surface area contributed by atoms with Crippen molar-refractivity contribution in [2.24, 2.45) is 0 Å². The topological polar surface area (TPSA) is 90.4 Å². The molecule has 7 nitrogen and oxygen atoms in total. The number of hydrogen-bond acceptors (Lipinski definition) is 6. The van der Waals surface area contributed by atoms with Gasteiger partial charge in [-0.05, 0) is 42.5 Å². The van der Waals surface area contributed by atoms with Gasteiger partial charge >= 0.3 is 6.18 Å². The Bertz CT molecular complexity index is 1120. The van der Waals surface area contributed by atoms with E-state index in [2.05, 4.69) is 14.9 Å². The van der Waals surface area contributed by atoms with Crippen LogP contribution in [-0.4, -0.2) is 38.9 Å². The number of nitrogens with zero attached hydrogens (tertiary/aromatic N) is 2. The predicted molar refractivity (Wildman–Crippen MR) is 106 cm³/mol. The molecular weight excluding hydrogens is 435 g/mol. The molecule has 3 aromatic rings. The molecule has 164 valence electrons. The number of hydrogen-bond donors (Lipinski definition) is 1. The Morgan fingerprint density at radius 2 is 1.68 bits per heavy atom. The first-order valence-electron chi connectivity index (χ1n) is 8.97. The van der Waals surface area contributed by atoms with Crippen molar-refractivity contribution in [1.29, 1.82) is 0 Å². The summed E-state index contributed by atoms with van der Waals surface area (Å²) >= 11 is 0. The van der Waals surface area contributed by atoms with Crippen molar-refractivity contribution in [3.8, 4) is 22.9 Å². The summed E-state index contributed by atoms with van der Waals surface area (Å²) in [6, 6.07) is 14.4. The fourth-order valence-corrected chi connectivity index (χ4v) is 3.90. The van der Waals surface area contributed by atoms with E-state index in [1.165, 1.54) is 6.07 Å². The van der Waals surface area contributed by atoms with E-state index in [1.807, 2.05) is 12.1 Å². The van der Waals surface area contributed by atoms with Crippen molar-refractivity contribution in [2.75, 3.05) is 20.3 Å². The largest absolute Gasteiger partial charge is 0.497 e. The highest BCUT2D eigenvalue weighted by Crippen LogP contribution is 2.33. The zero-order valence-electron chi connectivity index (χ0n) is 16.3. The van der Waals surface area contributed by atoms with Crippen LogP contribution >= 0.6 is 0 Å². The molecule has 3 rings (SSSR count). The van der Waals surface area contributed by atoms with Gasteiger partial charge in [0.2, 0.25) is 15.9 Å². The Labute approximate surface area is 176 Å². The highest BCUT2D eigenvalue weighted by molar-refractivity contribution is 7.89. The Balaban J connectivity index is 1.57. The quantitative estimate of drug-likeness (QED) is 0.525. The second kappa shape index (κ2) is 9.31. The maximum atomic E-state index is 13.0. The molecule has 0 saturated heterocycles. The lowest BCUT2D eigenvalue weighted by Gasteiger charge is -2.13. The highest BCUT2D eigenvalue weighted by Gasteiger charge is 2.36. The number of benzene rings is 2. The molecule has 0 saturated carbocycles. The number of alkyl halides is 3. The average molecular weight is 453 g/mol. The molecule has 0 aliphatic heterocycles. The van der Waals surface area contributed by atoms with E-state index < -0.39 is 26.7 Å². The van der Waals surface area contributed by atoms with Gasteiger partial charge in [0.05, 0.1) is 23.3 Å². The number of ether oxygens (including phenoxy) is 2. The number of rotatable bonds is 8. The van der Waals surface area contributed by atoms with Gasteiger partial charge in [-0.2, -0.15) is 13.2 Å². The fourth-order valence-electron chi connectivity index (χ4n) is 2.66. The molecule has 0 aliphatic rings. The van der Waals surface area contributed by atoms with Gasteiger partial charge in [0.25, 0.3) is 0 Å². The van der Waals surface area contributed by atoms with Crippen LogP contribution in [0.3, 0.4) is 0 Å². The normalized spacial score (nSPS) is 11.9. The van der Waals surface area contributed by atoms with Crippen LogP contribution in [0.1, 0.15) is 5.56 Å². The minimum atomic E-state index is -4.79. The van der Waals surface area contributed by atoms with Crippen LogP contribution in [0.2, 0.25) is 0 Å². The van der Waals surface area contributed by atoms with Gasteiger partial charge in [0.1, 0.15) is 12.4 Å². The number of halogens is 3. The average Bonchev–Trinajstić information content (AvgIpc) is 2.77. The fraction of sp³-hybridized carbons (Fsp3) is 0.200. The SMILES string of the molecule is COc1ccc(-c2ccc(OCCNS(=O)(=O)c3ccccc3C(F)(F)F)nn2)cc1. The molecule has 0 bridgehead atoms. The zero-order valence-corrected chi connectivity index (χ0v) is 17.1. The van der Waals surface area contributed by atoms with E-state index in [-0.39, 0.29) is 19.0 Å². The van der Waals surface area contributed by atoms with Crippen molar-refractivity contribution in [2.45, 2.75) is 11.1 Å². The third kappa shape index (κ3) is 5.70. The van der Waals surface area contributed by atoms with Crippen molar-refractivity contribution in [3.63, 3.8) is 0 Å². The minimum Gasteiger partial charge on any atom is -0.497 e. The third-order valence-electron chi connectivity index (χ3n) is 4.15. The Morgan fingerprint density at radius 3 is 2.29 bits per heavy atom. The summed E-state index contributed by atoms with van der Waals surface area (Å²) in [5.41, 5.74) is 0.179. The molecule has 1 N–H and O–H groups in total. The highest BCUT2D eigenvalue weighted by atomic mass is 32.2. The monoisotopic (exact) mass is 453 g/mol. The van der Waals surface area contributed by atoms with E-state index >= 15 is 0 Å². The van der Waals surface area contributed by atoms with Crippen LogP contribution in [0.15, 0.2) is 65.6 Å². The Kier molecular flexibility index (Phi) is 6.76. The van der Waals surface area contributed by atoms with Gasteiger partial charge < -0.3 is 9.47 Å². The van der Waals surface area contributed by atoms with Gasteiger partial charge in [-0.3, -0.25) is 0 Å². The van der Waals surface area contributed by atoms with Crippen LogP contribution in [0.25, 0.3) is 11.3 Å². The lowest BCUT2D eigenvalue weighted by molar-refractivity contribution is -0.139. The molecule has 0 amide bonds. The number of nitrogens with one attached hydrogen (secondary N) is 1. The van der Waals surface area contributed by atoms with Crippen molar-refractivity contribution < 1.29 is 31.1 Å². The van der Waals surface area contributed by atoms with Crippen LogP contribution in [0.4, 0.5) is 13.2 Å². The van der Waals surface area contributed by atoms with Crippen LogP contribution in [0, 0.1) is 0 Å². The summed E-state index contributed by atoms with van der Waals surface area (Å²) in [6.45, 7) is -0.402. The Morgan fingerprint density at radius 1 is 0.968 bits per heavy atom. The standard InChI is InChI=1S/C20H18F3N3O4S/c1-29-15-8-6-14(7-9-15)17-10-11-19(26-25-17)30-13-12-24-31(27,28)18-5-3-2-4-16(18)20(21,22)23/h2-11,24H,12-13H2,1H3. The molecule has 0 spiro atoms. The van der Waals surface area contributed by atoms with E-state index in [1.54, 1.807) is 31.4 Å². The van der Waals surface area contributed by atoms with E-state index in [0.717, 1.165) is 17.7 Å². The van der Waals surface area contributed by atoms with E-state index in [9.17, 15) is 21.6 Å². The minimum absolute atomic E-state index is 0.146. The molecule has 0 unspecified atom stereocenters. The molecule has 0 aliphatic carbocycles. The maximum absolute atomic E-state index is 13.0. The Hall–Kier alpha value is -3.18. The first-order valence-corrected chi connectivity index (χ1v) is 10.5. The summed E-state index contributed by atoms with van der Waals surface area (Å²) in [5, 5.41) is 7.95. The summed E-state index contributed by atoms with van der Waals surface area (Å²) < 4.78 is 76.1. The van der Waals surface area contributed by atoms with Crippen LogP contribution in [-0.2, 0) is 16.2 Å². The zero-order chi connectivity index (χ0) is 22.5. The molecule has 31 heavy (non-hydrogen) atoms. The van der Waals surface area contributed by atoms with Gasteiger partial charge in [-0.25, -0.2) is 13.1 Å². The van der Waals surface area contributed by atoms with Gasteiger partial charge in [-0.1, -0.05) is 12.1 Å². The van der Waals surface area contributed by atoms with E-state index in [0.29, 0.717) is 17.5 Å². The smallest absolute Gasteiger partial charge is 0.417 e. The van der Waals surface area contributed by atoms with Gasteiger partial charge in [-0.15, -0.1) is 10.2 Å². The number of sulfonamides is 1. The molecule has 2 aromatic carbocycles. The molecular formula is C20H18F3N3O4S. The van der Waals surface area contributed by atoms with Gasteiger partial charge in [0.15, 0.2) is 0 Å². The van der Waals surface area contributed by atoms with Crippen LogP contribution in [0.5, 0.6) is 11.6 Å². The molecule has 0 fully saturated rings. The van der Waals surface area contributed by atoms with Crippen molar-refractivity contribution >= 4 is 10.0 Å².